The molecule has 0 atom stereocenters. The Hall–Kier alpha value is -1.88. The van der Waals surface area contributed by atoms with Crippen LogP contribution >= 0.6 is 11.3 Å². The summed E-state index contributed by atoms with van der Waals surface area (Å²) in [6.45, 7) is 4.77. The van der Waals surface area contributed by atoms with Crippen molar-refractivity contribution in [3.8, 4) is 0 Å². The maximum Gasteiger partial charge on any atom is 0.198 e. The van der Waals surface area contributed by atoms with Crippen molar-refractivity contribution in [1.29, 1.82) is 0 Å². The molecule has 3 rings (SSSR count). The molecule has 0 aliphatic carbocycles. The predicted octanol–water partition coefficient (Wildman–Crippen LogP) is 2.71. The molecule has 5 heteroatoms. The number of aliphatic imine (C=N–C) groups is 1. The molecule has 1 aromatic carbocycles. The zero-order valence-electron chi connectivity index (χ0n) is 12.2. The summed E-state index contributed by atoms with van der Waals surface area (Å²) >= 11 is 1.69. The van der Waals surface area contributed by atoms with E-state index in [4.69, 9.17) is 4.99 Å². The van der Waals surface area contributed by atoms with Gasteiger partial charge in [0.25, 0.3) is 0 Å². The first-order chi connectivity index (χ1) is 10.4. The van der Waals surface area contributed by atoms with Crippen LogP contribution in [0.3, 0.4) is 0 Å². The van der Waals surface area contributed by atoms with Crippen LogP contribution in [0.4, 0.5) is 5.69 Å². The maximum atomic E-state index is 4.77. The second-order valence-electron chi connectivity index (χ2n) is 4.94. The van der Waals surface area contributed by atoms with Crippen LogP contribution in [0.5, 0.6) is 0 Å². The number of nitrogens with zero attached hydrogens (tertiary/aromatic N) is 3. The number of para-hydroxylation sites is 1. The third kappa shape index (κ3) is 3.24. The highest BCUT2D eigenvalue weighted by Gasteiger charge is 2.22. The number of aromatic nitrogens is 1. The second-order valence-corrected chi connectivity index (χ2v) is 5.92. The largest absolute Gasteiger partial charge is 0.356 e. The fraction of sp³-hybridized carbons (Fsp3) is 0.375. The molecule has 1 aliphatic heterocycles. The van der Waals surface area contributed by atoms with Crippen molar-refractivity contribution in [2.75, 3.05) is 24.5 Å². The van der Waals surface area contributed by atoms with Crippen molar-refractivity contribution in [3.05, 3.63) is 46.4 Å². The molecule has 2 aromatic rings. The average Bonchev–Trinajstić information content (AvgIpc) is 3.16. The molecule has 0 unspecified atom stereocenters. The fourth-order valence-corrected chi connectivity index (χ4v) is 3.20. The van der Waals surface area contributed by atoms with Gasteiger partial charge in [-0.1, -0.05) is 18.2 Å². The van der Waals surface area contributed by atoms with E-state index in [0.29, 0.717) is 0 Å². The van der Waals surface area contributed by atoms with Crippen molar-refractivity contribution in [1.82, 2.24) is 10.3 Å². The van der Waals surface area contributed by atoms with Gasteiger partial charge in [0, 0.05) is 43.3 Å². The lowest BCUT2D eigenvalue weighted by atomic mass is 10.2. The quantitative estimate of drug-likeness (QED) is 0.697. The summed E-state index contributed by atoms with van der Waals surface area (Å²) in [5, 5.41) is 6.57. The second kappa shape index (κ2) is 6.72. The van der Waals surface area contributed by atoms with E-state index in [1.54, 1.807) is 11.3 Å². The van der Waals surface area contributed by atoms with E-state index < -0.39 is 0 Å². The summed E-state index contributed by atoms with van der Waals surface area (Å²) in [6.07, 6.45) is 3.85. The number of nitrogens with one attached hydrogen (secondary N) is 1. The molecule has 1 aliphatic rings. The Kier molecular flexibility index (Phi) is 4.50. The van der Waals surface area contributed by atoms with Gasteiger partial charge in [-0.05, 0) is 25.0 Å². The van der Waals surface area contributed by atoms with Crippen LogP contribution < -0.4 is 10.2 Å². The SMILES string of the molecule is CCNC(=NCCc1nccs1)N1CCc2ccccc21. The molecule has 0 radical (unpaired) electrons. The van der Waals surface area contributed by atoms with Crippen molar-refractivity contribution < 1.29 is 0 Å². The highest BCUT2D eigenvalue weighted by Crippen LogP contribution is 2.27. The molecular weight excluding hydrogens is 280 g/mol. The van der Waals surface area contributed by atoms with Gasteiger partial charge in [0.2, 0.25) is 0 Å². The van der Waals surface area contributed by atoms with Crippen LogP contribution in [0.1, 0.15) is 17.5 Å². The molecule has 4 nitrogen and oxygen atoms in total. The number of anilines is 1. The molecule has 0 saturated heterocycles. The van der Waals surface area contributed by atoms with E-state index in [9.17, 15) is 0 Å². The zero-order chi connectivity index (χ0) is 14.5. The molecular formula is C16H20N4S. The third-order valence-corrected chi connectivity index (χ3v) is 4.39. The van der Waals surface area contributed by atoms with Crippen molar-refractivity contribution in [3.63, 3.8) is 0 Å². The molecule has 0 bridgehead atoms. The van der Waals surface area contributed by atoms with Crippen LogP contribution in [0.2, 0.25) is 0 Å². The number of fused-ring (bicyclic) bond motifs is 1. The minimum absolute atomic E-state index is 0.772. The normalized spacial score (nSPS) is 14.3. The lowest BCUT2D eigenvalue weighted by Crippen LogP contribution is -2.40. The molecule has 0 saturated carbocycles. The third-order valence-electron chi connectivity index (χ3n) is 3.55. The molecule has 110 valence electrons. The summed E-state index contributed by atoms with van der Waals surface area (Å²) in [5.74, 6) is 0.985. The van der Waals surface area contributed by atoms with E-state index >= 15 is 0 Å². The first-order valence-electron chi connectivity index (χ1n) is 7.40. The van der Waals surface area contributed by atoms with Gasteiger partial charge in [-0.15, -0.1) is 11.3 Å². The summed E-state index contributed by atoms with van der Waals surface area (Å²) in [7, 11) is 0. The van der Waals surface area contributed by atoms with E-state index in [2.05, 4.69) is 46.4 Å². The monoisotopic (exact) mass is 300 g/mol. The lowest BCUT2D eigenvalue weighted by molar-refractivity contribution is 0.869. The van der Waals surface area contributed by atoms with Crippen molar-refractivity contribution in [2.24, 2.45) is 4.99 Å². The molecule has 0 spiro atoms. The Morgan fingerprint density at radius 3 is 3.14 bits per heavy atom. The van der Waals surface area contributed by atoms with Gasteiger partial charge in [0.1, 0.15) is 0 Å². The number of benzene rings is 1. The predicted molar refractivity (Wildman–Crippen MR) is 89.3 cm³/mol. The van der Waals surface area contributed by atoms with Gasteiger partial charge >= 0.3 is 0 Å². The topological polar surface area (TPSA) is 40.5 Å². The van der Waals surface area contributed by atoms with Crippen LogP contribution in [0, 0.1) is 0 Å². The Bertz CT molecular complexity index is 606. The summed E-state index contributed by atoms with van der Waals surface area (Å²) in [5.41, 5.74) is 2.69. The molecule has 1 N–H and O–H groups in total. The first-order valence-corrected chi connectivity index (χ1v) is 8.28. The standard InChI is InChI=1S/C16H20N4S/c1-2-17-16(19-9-7-15-18-10-12-21-15)20-11-8-13-5-3-4-6-14(13)20/h3-6,10,12H,2,7-9,11H2,1H3,(H,17,19). The summed E-state index contributed by atoms with van der Waals surface area (Å²) in [4.78, 5) is 11.4. The van der Waals surface area contributed by atoms with E-state index in [-0.39, 0.29) is 0 Å². The maximum absolute atomic E-state index is 4.77. The molecule has 1 aromatic heterocycles. The average molecular weight is 300 g/mol. The van der Waals surface area contributed by atoms with Gasteiger partial charge in [-0.3, -0.25) is 4.99 Å². The Morgan fingerprint density at radius 1 is 1.43 bits per heavy atom. The van der Waals surface area contributed by atoms with Crippen LogP contribution in [-0.2, 0) is 12.8 Å². The Labute approximate surface area is 129 Å². The molecule has 0 amide bonds. The molecule has 2 heterocycles. The van der Waals surface area contributed by atoms with Crippen molar-refractivity contribution in [2.45, 2.75) is 19.8 Å². The molecule has 0 fully saturated rings. The van der Waals surface area contributed by atoms with Gasteiger partial charge in [-0.25, -0.2) is 4.98 Å². The number of rotatable bonds is 4. The first kappa shape index (κ1) is 14.1. The minimum atomic E-state index is 0.772. The number of guanidine groups is 1. The fourth-order valence-electron chi connectivity index (χ4n) is 2.59. The highest BCUT2D eigenvalue weighted by atomic mass is 32.1. The van der Waals surface area contributed by atoms with Gasteiger partial charge in [-0.2, -0.15) is 0 Å². The van der Waals surface area contributed by atoms with Gasteiger partial charge in [0.15, 0.2) is 5.96 Å². The van der Waals surface area contributed by atoms with E-state index in [0.717, 1.165) is 43.4 Å². The van der Waals surface area contributed by atoms with Crippen molar-refractivity contribution >= 4 is 23.0 Å². The molecule has 21 heavy (non-hydrogen) atoms. The number of thiazole rings is 1. The van der Waals surface area contributed by atoms with E-state index in [1.165, 1.54) is 11.3 Å². The Balaban J connectivity index is 1.72. The smallest absolute Gasteiger partial charge is 0.198 e. The lowest BCUT2D eigenvalue weighted by Gasteiger charge is -2.22. The minimum Gasteiger partial charge on any atom is -0.356 e. The van der Waals surface area contributed by atoms with Crippen LogP contribution in [0.15, 0.2) is 40.8 Å². The summed E-state index contributed by atoms with van der Waals surface area (Å²) < 4.78 is 0. The van der Waals surface area contributed by atoms with Gasteiger partial charge in [0.05, 0.1) is 5.01 Å². The number of hydrogen-bond acceptors (Lipinski definition) is 3. The highest BCUT2D eigenvalue weighted by molar-refractivity contribution is 7.09. The van der Waals surface area contributed by atoms with Crippen LogP contribution in [0.25, 0.3) is 0 Å². The summed E-state index contributed by atoms with van der Waals surface area (Å²) in [6, 6.07) is 8.58. The van der Waals surface area contributed by atoms with E-state index in [1.807, 2.05) is 11.6 Å². The Morgan fingerprint density at radius 2 is 2.33 bits per heavy atom. The number of hydrogen-bond donors (Lipinski definition) is 1. The zero-order valence-corrected chi connectivity index (χ0v) is 13.1. The van der Waals surface area contributed by atoms with Gasteiger partial charge < -0.3 is 10.2 Å². The van der Waals surface area contributed by atoms with Crippen LogP contribution in [-0.4, -0.2) is 30.6 Å².